The molecule has 1 aliphatic rings. The molecule has 0 saturated heterocycles. The van der Waals surface area contributed by atoms with Crippen LogP contribution in [-0.4, -0.2) is 21.5 Å². The lowest BCUT2D eigenvalue weighted by atomic mass is 10.1. The Labute approximate surface area is 118 Å². The lowest BCUT2D eigenvalue weighted by Gasteiger charge is -2.15. The van der Waals surface area contributed by atoms with E-state index >= 15 is 0 Å². The summed E-state index contributed by atoms with van der Waals surface area (Å²) < 4.78 is 29.2. The fraction of sp³-hybridized carbons (Fsp3) is 0.214. The van der Waals surface area contributed by atoms with Crippen molar-refractivity contribution in [2.24, 2.45) is 0 Å². The molecule has 1 amide bonds. The lowest BCUT2D eigenvalue weighted by molar-refractivity contribution is -0.114. The van der Waals surface area contributed by atoms with Crippen LogP contribution in [0.2, 0.25) is 0 Å². The van der Waals surface area contributed by atoms with Crippen LogP contribution in [0.4, 0.5) is 14.5 Å². The smallest absolute Gasteiger partial charge is 0.297 e. The zero-order chi connectivity index (χ0) is 15.1. The highest BCUT2D eigenvalue weighted by Crippen LogP contribution is 2.34. The van der Waals surface area contributed by atoms with Gasteiger partial charge in [0, 0.05) is 18.3 Å². The number of amides is 1. The van der Waals surface area contributed by atoms with Gasteiger partial charge in [-0.25, -0.2) is 8.78 Å². The van der Waals surface area contributed by atoms with Crippen molar-refractivity contribution in [2.75, 3.05) is 4.90 Å². The normalized spacial score (nSPS) is 14.0. The van der Waals surface area contributed by atoms with Crippen molar-refractivity contribution in [3.8, 4) is 0 Å². The molecular formula is C14H11F2N3O2. The van der Waals surface area contributed by atoms with Gasteiger partial charge in [0.15, 0.2) is 0 Å². The molecule has 0 N–H and O–H groups in total. The first kappa shape index (κ1) is 13.4. The van der Waals surface area contributed by atoms with E-state index in [1.54, 1.807) is 10.9 Å². The molecule has 2 aromatic rings. The van der Waals surface area contributed by atoms with E-state index < -0.39 is 28.9 Å². The van der Waals surface area contributed by atoms with Gasteiger partial charge in [0.25, 0.3) is 11.7 Å². The number of anilines is 1. The Morgan fingerprint density at radius 3 is 2.57 bits per heavy atom. The van der Waals surface area contributed by atoms with E-state index in [0.29, 0.717) is 12.1 Å². The zero-order valence-corrected chi connectivity index (χ0v) is 11.1. The number of aromatic nitrogens is 2. The van der Waals surface area contributed by atoms with Crippen molar-refractivity contribution in [1.29, 1.82) is 0 Å². The first-order valence-electron chi connectivity index (χ1n) is 6.38. The van der Waals surface area contributed by atoms with Crippen molar-refractivity contribution in [1.82, 2.24) is 9.78 Å². The summed E-state index contributed by atoms with van der Waals surface area (Å²) >= 11 is 0. The van der Waals surface area contributed by atoms with Gasteiger partial charge in [0.1, 0.15) is 11.6 Å². The van der Waals surface area contributed by atoms with Crippen molar-refractivity contribution in [2.45, 2.75) is 20.0 Å². The molecule has 21 heavy (non-hydrogen) atoms. The van der Waals surface area contributed by atoms with Crippen LogP contribution in [0.25, 0.3) is 0 Å². The summed E-state index contributed by atoms with van der Waals surface area (Å²) in [4.78, 5) is 24.7. The standard InChI is InChI=1S/C14H11F2N3O2/c1-2-18-6-8(5-17-18)7-19-12-10(16)4-3-9(15)11(12)13(20)14(19)21/h3-6H,2,7H2,1H3. The van der Waals surface area contributed by atoms with Crippen molar-refractivity contribution >= 4 is 17.4 Å². The van der Waals surface area contributed by atoms with Crippen LogP contribution in [0.1, 0.15) is 22.8 Å². The number of benzene rings is 1. The van der Waals surface area contributed by atoms with Crippen molar-refractivity contribution in [3.05, 3.63) is 47.3 Å². The molecule has 1 aliphatic heterocycles. The molecule has 2 heterocycles. The van der Waals surface area contributed by atoms with Gasteiger partial charge in [-0.05, 0) is 19.1 Å². The van der Waals surface area contributed by atoms with Gasteiger partial charge < -0.3 is 0 Å². The minimum Gasteiger partial charge on any atom is -0.297 e. The third-order valence-electron chi connectivity index (χ3n) is 3.37. The molecule has 0 bridgehead atoms. The molecule has 5 nitrogen and oxygen atoms in total. The molecule has 0 radical (unpaired) electrons. The number of hydrogen-bond donors (Lipinski definition) is 0. The van der Waals surface area contributed by atoms with E-state index in [2.05, 4.69) is 5.10 Å². The molecule has 0 unspecified atom stereocenters. The fourth-order valence-electron chi connectivity index (χ4n) is 2.35. The summed E-state index contributed by atoms with van der Waals surface area (Å²) in [6.45, 7) is 2.51. The van der Waals surface area contributed by atoms with Gasteiger partial charge >= 0.3 is 0 Å². The maximum Gasteiger partial charge on any atom is 0.299 e. The number of halogens is 2. The van der Waals surface area contributed by atoms with E-state index in [9.17, 15) is 18.4 Å². The first-order valence-corrected chi connectivity index (χ1v) is 6.38. The summed E-state index contributed by atoms with van der Waals surface area (Å²) in [5.41, 5.74) is -0.161. The highest BCUT2D eigenvalue weighted by atomic mass is 19.1. The van der Waals surface area contributed by atoms with Crippen LogP contribution >= 0.6 is 0 Å². The number of carbonyl (C=O) groups is 2. The largest absolute Gasteiger partial charge is 0.299 e. The van der Waals surface area contributed by atoms with Crippen molar-refractivity contribution < 1.29 is 18.4 Å². The quantitative estimate of drug-likeness (QED) is 0.812. The van der Waals surface area contributed by atoms with Gasteiger partial charge in [-0.2, -0.15) is 5.10 Å². The van der Waals surface area contributed by atoms with E-state index in [1.165, 1.54) is 6.20 Å². The average molecular weight is 291 g/mol. The second kappa shape index (κ2) is 4.76. The first-order chi connectivity index (χ1) is 10.0. The van der Waals surface area contributed by atoms with Crippen molar-refractivity contribution in [3.63, 3.8) is 0 Å². The number of hydrogen-bond acceptors (Lipinski definition) is 3. The van der Waals surface area contributed by atoms with Gasteiger partial charge in [0.05, 0.1) is 24.0 Å². The monoisotopic (exact) mass is 291 g/mol. The summed E-state index contributed by atoms with van der Waals surface area (Å²) in [5.74, 6) is -3.65. The van der Waals surface area contributed by atoms with Gasteiger partial charge in [-0.3, -0.25) is 19.2 Å². The molecule has 108 valence electrons. The van der Waals surface area contributed by atoms with Crippen LogP contribution in [0.15, 0.2) is 24.5 Å². The zero-order valence-electron chi connectivity index (χ0n) is 11.1. The van der Waals surface area contributed by atoms with Crippen LogP contribution in [0.3, 0.4) is 0 Å². The van der Waals surface area contributed by atoms with Crippen LogP contribution in [0, 0.1) is 11.6 Å². The predicted octanol–water partition coefficient (Wildman–Crippen LogP) is 1.91. The molecule has 1 aromatic carbocycles. The fourth-order valence-corrected chi connectivity index (χ4v) is 2.35. The molecule has 0 saturated carbocycles. The third kappa shape index (κ3) is 2.01. The Hall–Kier alpha value is -2.57. The van der Waals surface area contributed by atoms with E-state index in [0.717, 1.165) is 17.0 Å². The van der Waals surface area contributed by atoms with Gasteiger partial charge in [-0.1, -0.05) is 0 Å². The highest BCUT2D eigenvalue weighted by Gasteiger charge is 2.40. The SMILES string of the molecule is CCn1cc(CN2C(=O)C(=O)c3c(F)ccc(F)c32)cn1. The molecular weight excluding hydrogens is 280 g/mol. The maximum atomic E-state index is 13.9. The summed E-state index contributed by atoms with van der Waals surface area (Å²) in [6, 6.07) is 1.75. The number of aryl methyl sites for hydroxylation is 1. The predicted molar refractivity (Wildman–Crippen MR) is 69.8 cm³/mol. The lowest BCUT2D eigenvalue weighted by Crippen LogP contribution is -2.29. The van der Waals surface area contributed by atoms with Gasteiger partial charge in [0.2, 0.25) is 0 Å². The topological polar surface area (TPSA) is 55.2 Å². The maximum absolute atomic E-state index is 13.9. The number of fused-ring (bicyclic) bond motifs is 1. The molecule has 7 heteroatoms. The van der Waals surface area contributed by atoms with Gasteiger partial charge in [-0.15, -0.1) is 0 Å². The minimum absolute atomic E-state index is 0.0298. The van der Waals surface area contributed by atoms with Crippen LogP contribution < -0.4 is 4.90 Å². The Kier molecular flexibility index (Phi) is 3.04. The second-order valence-corrected chi connectivity index (χ2v) is 4.68. The summed E-state index contributed by atoms with van der Waals surface area (Å²) in [7, 11) is 0. The average Bonchev–Trinajstić information content (AvgIpc) is 3.02. The Morgan fingerprint density at radius 1 is 1.19 bits per heavy atom. The Balaban J connectivity index is 2.03. The highest BCUT2D eigenvalue weighted by molar-refractivity contribution is 6.52. The summed E-state index contributed by atoms with van der Waals surface area (Å²) in [6.07, 6.45) is 3.21. The molecule has 0 atom stereocenters. The molecule has 3 rings (SSSR count). The molecule has 0 fully saturated rings. The second-order valence-electron chi connectivity index (χ2n) is 4.68. The molecule has 0 spiro atoms. The van der Waals surface area contributed by atoms with Crippen LogP contribution in [-0.2, 0) is 17.9 Å². The summed E-state index contributed by atoms with van der Waals surface area (Å²) in [5, 5.41) is 4.04. The van der Waals surface area contributed by atoms with E-state index in [4.69, 9.17) is 0 Å². The molecule has 1 aromatic heterocycles. The third-order valence-corrected chi connectivity index (χ3v) is 3.37. The number of rotatable bonds is 3. The van der Waals surface area contributed by atoms with Crippen LogP contribution in [0.5, 0.6) is 0 Å². The number of Topliss-reactive ketones (excluding diaryl/α,β-unsaturated/α-hetero) is 1. The Bertz CT molecular complexity index is 755. The van der Waals surface area contributed by atoms with E-state index in [-0.39, 0.29) is 12.2 Å². The minimum atomic E-state index is -1.02. The number of ketones is 1. The number of carbonyl (C=O) groups excluding carboxylic acids is 2. The Morgan fingerprint density at radius 2 is 1.90 bits per heavy atom. The molecule has 0 aliphatic carbocycles. The van der Waals surface area contributed by atoms with E-state index in [1.807, 2.05) is 6.92 Å². The number of nitrogens with zero attached hydrogens (tertiary/aromatic N) is 3.